The molecule has 0 atom stereocenters. The van der Waals surface area contributed by atoms with Crippen LogP contribution in [0.1, 0.15) is 64.3 Å². The molecule has 6 heterocycles. The van der Waals surface area contributed by atoms with E-state index in [9.17, 15) is 14.4 Å². The van der Waals surface area contributed by atoms with Crippen molar-refractivity contribution in [3.8, 4) is 22.3 Å². The van der Waals surface area contributed by atoms with Crippen LogP contribution >= 0.6 is 34.8 Å². The minimum atomic E-state index is -0.566. The smallest absolute Gasteiger partial charge is 0.410 e. The van der Waals surface area contributed by atoms with E-state index in [1.54, 1.807) is 34.3 Å². The van der Waals surface area contributed by atoms with E-state index in [-0.39, 0.29) is 33.1 Å². The van der Waals surface area contributed by atoms with Crippen LogP contribution < -0.4 is 9.80 Å². The third-order valence-corrected chi connectivity index (χ3v) is 15.4. The summed E-state index contributed by atoms with van der Waals surface area (Å²) in [5.41, 5.74) is 5.21. The molecule has 4 aromatic heterocycles. The van der Waals surface area contributed by atoms with Gasteiger partial charge in [-0.25, -0.2) is 33.5 Å². The highest BCUT2D eigenvalue weighted by Crippen LogP contribution is 2.44. The Bertz CT molecular complexity index is 3790. The lowest BCUT2D eigenvalue weighted by Crippen LogP contribution is -2.50. The zero-order valence-corrected chi connectivity index (χ0v) is 54.0. The number of hydrogen-bond acceptors (Lipinski definition) is 15. The zero-order valence-electron chi connectivity index (χ0n) is 51.7. The first-order valence-corrected chi connectivity index (χ1v) is 29.9. The predicted octanol–water partition coefficient (Wildman–Crippen LogP) is 11.8. The molecule has 0 aliphatic carbocycles. The summed E-state index contributed by atoms with van der Waals surface area (Å²) in [5, 5.41) is 16.9. The topological polar surface area (TPSA) is 192 Å². The molecule has 2 aliphatic heterocycles. The summed E-state index contributed by atoms with van der Waals surface area (Å²) in [6, 6.07) is 11.2. The van der Waals surface area contributed by atoms with Crippen LogP contribution in [0.5, 0.6) is 0 Å². The number of aromatic nitrogens is 8. The third-order valence-electron chi connectivity index (χ3n) is 14.7. The number of carbonyl (C=O) groups excluding carboxylic acids is 3. The van der Waals surface area contributed by atoms with Crippen LogP contribution in [0.2, 0.25) is 10.0 Å². The van der Waals surface area contributed by atoms with Gasteiger partial charge in [-0.1, -0.05) is 69.3 Å². The molecular weight excluding hydrogens is 1180 g/mol. The Kier molecular flexibility index (Phi) is 22.8. The molecule has 0 saturated carbocycles. The molecule has 0 bridgehead atoms. The Morgan fingerprint density at radius 3 is 1.34 bits per heavy atom. The van der Waals surface area contributed by atoms with Gasteiger partial charge >= 0.3 is 6.09 Å². The number of benzene rings is 4. The Labute approximate surface area is 522 Å². The molecule has 2 aliphatic rings. The molecule has 2 fully saturated rings. The first-order chi connectivity index (χ1) is 41.3. The molecule has 0 radical (unpaired) electrons. The fourth-order valence-corrected chi connectivity index (χ4v) is 11.0. The summed E-state index contributed by atoms with van der Waals surface area (Å²) in [6.07, 6.45) is 5.39. The summed E-state index contributed by atoms with van der Waals surface area (Å²) in [5.74, 6) is 1.15. The molecule has 464 valence electrons. The predicted molar refractivity (Wildman–Crippen MR) is 347 cm³/mol. The van der Waals surface area contributed by atoms with Crippen LogP contribution in [0, 0.1) is 25.5 Å². The molecule has 24 heteroatoms. The van der Waals surface area contributed by atoms with Gasteiger partial charge in [0, 0.05) is 96.2 Å². The lowest BCUT2D eigenvalue weighted by atomic mass is 9.95. The molecule has 2 saturated heterocycles. The van der Waals surface area contributed by atoms with Gasteiger partial charge in [0.05, 0.1) is 46.6 Å². The molecule has 0 unspecified atom stereocenters. The zero-order chi connectivity index (χ0) is 63.6. The summed E-state index contributed by atoms with van der Waals surface area (Å²) in [6.45, 7) is 31.2. The van der Waals surface area contributed by atoms with Crippen molar-refractivity contribution >= 4 is 107 Å². The number of aromatic amines is 2. The molecule has 19 nitrogen and oxygen atoms in total. The molecule has 10 rings (SSSR count). The van der Waals surface area contributed by atoms with Crippen molar-refractivity contribution in [1.82, 2.24) is 64.8 Å². The maximum absolute atomic E-state index is 16.5. The number of anilines is 2. The van der Waals surface area contributed by atoms with Gasteiger partial charge < -0.3 is 39.0 Å². The van der Waals surface area contributed by atoms with Crippen molar-refractivity contribution in [1.29, 1.82) is 0 Å². The van der Waals surface area contributed by atoms with Gasteiger partial charge in [0.15, 0.2) is 11.6 Å². The number of amides is 2. The van der Waals surface area contributed by atoms with Crippen molar-refractivity contribution in [2.75, 3.05) is 110 Å². The summed E-state index contributed by atoms with van der Waals surface area (Å²) in [7, 11) is 7.66. The fourth-order valence-electron chi connectivity index (χ4n) is 10.4. The van der Waals surface area contributed by atoms with Gasteiger partial charge in [0.1, 0.15) is 39.9 Å². The first-order valence-electron chi connectivity index (χ1n) is 28.8. The third kappa shape index (κ3) is 16.0. The van der Waals surface area contributed by atoms with E-state index in [1.165, 1.54) is 25.7 Å². The number of ether oxygens (including phenoxy) is 1. The minimum absolute atomic E-state index is 0.0991. The molecule has 4 aromatic carbocycles. The van der Waals surface area contributed by atoms with Crippen molar-refractivity contribution in [2.45, 2.75) is 74.1 Å². The quantitative estimate of drug-likeness (QED) is 0.0818. The number of fused-ring (bicyclic) bond motifs is 4. The number of carbonyl (C=O) groups is 3. The van der Waals surface area contributed by atoms with Gasteiger partial charge in [-0.15, -0.1) is 0 Å². The van der Waals surface area contributed by atoms with Crippen molar-refractivity contribution < 1.29 is 27.9 Å². The van der Waals surface area contributed by atoms with E-state index >= 15 is 8.78 Å². The van der Waals surface area contributed by atoms with Crippen molar-refractivity contribution in [3.63, 3.8) is 0 Å². The largest absolute Gasteiger partial charge is 0.444 e. The van der Waals surface area contributed by atoms with E-state index in [0.29, 0.717) is 122 Å². The highest BCUT2D eigenvalue weighted by molar-refractivity contribution is 6.66. The van der Waals surface area contributed by atoms with Crippen molar-refractivity contribution in [2.24, 2.45) is 0 Å². The molecule has 87 heavy (non-hydrogen) atoms. The maximum atomic E-state index is 16.5. The van der Waals surface area contributed by atoms with E-state index in [1.807, 2.05) is 96.9 Å². The molecule has 2 N–H and O–H groups in total. The van der Waals surface area contributed by atoms with E-state index < -0.39 is 22.5 Å². The lowest BCUT2D eigenvalue weighted by Gasteiger charge is -2.36. The van der Waals surface area contributed by atoms with Crippen LogP contribution in [0.4, 0.5) is 25.2 Å². The average Bonchev–Trinajstić information content (AvgIpc) is 1.59. The Morgan fingerprint density at radius 2 is 1.01 bits per heavy atom. The van der Waals surface area contributed by atoms with E-state index in [0.717, 1.165) is 39.0 Å². The van der Waals surface area contributed by atoms with Crippen molar-refractivity contribution in [3.05, 3.63) is 119 Å². The number of halogens is 5. The van der Waals surface area contributed by atoms with Gasteiger partial charge in [-0.2, -0.15) is 10.2 Å². The number of H-pyrrole nitrogens is 2. The van der Waals surface area contributed by atoms with E-state index in [4.69, 9.17) is 49.5 Å². The fraction of sp³-hybridized carbons (Fsp3) is 0.413. The highest BCUT2D eigenvalue weighted by atomic mass is 35.5. The second-order valence-corrected chi connectivity index (χ2v) is 23.8. The number of allylic oxidation sites excluding steroid dienone is 1. The number of hydrogen-bond donors (Lipinski definition) is 2. The number of piperazine rings is 2. The van der Waals surface area contributed by atoms with Gasteiger partial charge in [0.2, 0.25) is 11.1 Å². The molecule has 8 aromatic rings. The monoisotopic (exact) mass is 1250 g/mol. The second-order valence-electron chi connectivity index (χ2n) is 22.6. The van der Waals surface area contributed by atoms with Crippen LogP contribution in [0.3, 0.4) is 0 Å². The maximum Gasteiger partial charge on any atom is 0.410 e. The lowest BCUT2D eigenvalue weighted by molar-refractivity contribution is -0.126. The number of nitrogens with one attached hydrogen (secondary N) is 2. The molecule has 2 amide bonds. The standard InChI is InChI=1S/C28H33ClFN7O2.C26H27ClFN7O.C6H15N.C3H3ClO/c1-16-7-8-20-18(14-31-34-20)22(16)23-19(29)13-17-25(24(23)30)32-21(15-35(5)6)33-26(17)36-9-11-37(12-10-36)27(38)39-28(2,3)4;1-5-21(36)34-8-10-35(11-9-34)26-16-12-18(27)23(22-15(2)6-7-19-17(22)13-29-32-19)24(28)25(16)30-20(31-26)14-33(3)4;1-4-7(5-2)6-3;1-2-3(4)5/h7-8,13-14H,9-12,15H2,1-6H3,(H,31,34);5-7,12-13H,1,8-11,14H2,2-4H3,(H,29,32);4-6H2,1-3H3;2H,1H2. The average molecular weight is 1250 g/mol. The summed E-state index contributed by atoms with van der Waals surface area (Å²) in [4.78, 5) is 66.8. The Balaban J connectivity index is 0.000000210. The SMILES string of the molecule is C=CC(=O)Cl.C=CC(=O)N1CCN(c2nc(CN(C)C)nc3c(F)c(-c4c(C)ccc5[nH]ncc45)c(Cl)cc23)CC1.CCN(CC)CC.Cc1ccc2[nH]ncc2c1-c1c(Cl)cc2c(N3CCN(C(=O)OC(C)(C)C)CC3)nc(CN(C)C)nc2c1F. The highest BCUT2D eigenvalue weighted by Gasteiger charge is 2.31. The number of aryl methyl sites for hydroxylation is 2. The van der Waals surface area contributed by atoms with Crippen LogP contribution in [0.15, 0.2) is 74.1 Å². The van der Waals surface area contributed by atoms with Crippen LogP contribution in [-0.4, -0.2) is 188 Å². The number of rotatable bonds is 13. The van der Waals surface area contributed by atoms with Gasteiger partial charge in [-0.3, -0.25) is 19.8 Å². The summed E-state index contributed by atoms with van der Waals surface area (Å²) >= 11 is 18.3. The molecular formula is C63H78Cl3F2N15O4. The molecule has 0 spiro atoms. The minimum Gasteiger partial charge on any atom is -0.444 e. The van der Waals surface area contributed by atoms with E-state index in [2.05, 4.69) is 79.0 Å². The first kappa shape index (κ1) is 67.1. The van der Waals surface area contributed by atoms with Crippen LogP contribution in [0.25, 0.3) is 65.9 Å². The second kappa shape index (κ2) is 29.5. The number of nitrogens with zero attached hydrogens (tertiary/aromatic N) is 13. The summed E-state index contributed by atoms with van der Waals surface area (Å²) < 4.78 is 38.5. The van der Waals surface area contributed by atoms with Gasteiger partial charge in [-0.05, 0) is 142 Å². The van der Waals surface area contributed by atoms with Gasteiger partial charge in [0.25, 0.3) is 0 Å². The Hall–Kier alpha value is -7.40. The Morgan fingerprint density at radius 1 is 0.621 bits per heavy atom. The normalized spacial score (nSPS) is 13.7. The van der Waals surface area contributed by atoms with Crippen LogP contribution in [-0.2, 0) is 27.4 Å².